The highest BCUT2D eigenvalue weighted by molar-refractivity contribution is 7.87. The number of hydrogen-bond acceptors (Lipinski definition) is 5. The first-order valence-electron chi connectivity index (χ1n) is 7.84. The lowest BCUT2D eigenvalue weighted by Crippen LogP contribution is -2.39. The lowest BCUT2D eigenvalue weighted by atomic mass is 9.99. The van der Waals surface area contributed by atoms with Gasteiger partial charge in [-0.25, -0.2) is 4.79 Å². The average Bonchev–Trinajstić information content (AvgIpc) is 2.56. The van der Waals surface area contributed by atoms with Gasteiger partial charge < -0.3 is 9.47 Å². The van der Waals surface area contributed by atoms with E-state index in [1.165, 1.54) is 5.56 Å². The van der Waals surface area contributed by atoms with E-state index in [-0.39, 0.29) is 13.0 Å². The summed E-state index contributed by atoms with van der Waals surface area (Å²) in [5.41, 5.74) is 1.21. The molecule has 0 spiro atoms. The number of halogens is 2. The Morgan fingerprint density at radius 1 is 1.20 bits per heavy atom. The largest absolute Gasteiger partial charge is 0.494 e. The van der Waals surface area contributed by atoms with Crippen LogP contribution in [0.5, 0.6) is 5.75 Å². The van der Waals surface area contributed by atoms with Crippen molar-refractivity contribution in [2.45, 2.75) is 44.3 Å². The zero-order chi connectivity index (χ0) is 19.1. The SMILES string of the molecule is CCC(C)c1ccc(OCCCCOC(=O)C(F)(F)S(=O)(=O)O)cc1. The van der Waals surface area contributed by atoms with Gasteiger partial charge in [0.25, 0.3) is 0 Å². The van der Waals surface area contributed by atoms with E-state index in [2.05, 4.69) is 18.6 Å². The Hall–Kier alpha value is -1.74. The fourth-order valence-corrected chi connectivity index (χ4v) is 2.15. The number of ether oxygens (including phenoxy) is 2. The van der Waals surface area contributed by atoms with Gasteiger partial charge in [-0.2, -0.15) is 17.2 Å². The Morgan fingerprint density at radius 2 is 1.76 bits per heavy atom. The minimum Gasteiger partial charge on any atom is -0.494 e. The van der Waals surface area contributed by atoms with Crippen LogP contribution in [0.25, 0.3) is 0 Å². The number of alkyl halides is 2. The first-order chi connectivity index (χ1) is 11.6. The Labute approximate surface area is 145 Å². The maximum absolute atomic E-state index is 12.9. The smallest absolute Gasteiger partial charge is 0.465 e. The van der Waals surface area contributed by atoms with Crippen LogP contribution in [0.1, 0.15) is 44.6 Å². The molecule has 0 radical (unpaired) electrons. The molecule has 25 heavy (non-hydrogen) atoms. The second kappa shape index (κ2) is 9.10. The van der Waals surface area contributed by atoms with Crippen molar-refractivity contribution < 1.29 is 36.0 Å². The molecular formula is C16H22F2O6S. The summed E-state index contributed by atoms with van der Waals surface area (Å²) >= 11 is 0. The van der Waals surface area contributed by atoms with Gasteiger partial charge >= 0.3 is 21.3 Å². The summed E-state index contributed by atoms with van der Waals surface area (Å²) in [6, 6.07) is 7.63. The number of benzene rings is 1. The predicted octanol–water partition coefficient (Wildman–Crippen LogP) is 3.38. The van der Waals surface area contributed by atoms with E-state index in [4.69, 9.17) is 9.29 Å². The van der Waals surface area contributed by atoms with Gasteiger partial charge in [-0.15, -0.1) is 0 Å². The monoisotopic (exact) mass is 380 g/mol. The van der Waals surface area contributed by atoms with Gasteiger partial charge in [0, 0.05) is 0 Å². The number of unbranched alkanes of at least 4 members (excludes halogenated alkanes) is 1. The number of carbonyl (C=O) groups is 1. The number of carbonyl (C=O) groups excluding carboxylic acids is 1. The lowest BCUT2D eigenvalue weighted by molar-refractivity contribution is -0.161. The average molecular weight is 380 g/mol. The molecule has 0 saturated carbocycles. The molecule has 0 amide bonds. The molecule has 0 saturated heterocycles. The summed E-state index contributed by atoms with van der Waals surface area (Å²) in [7, 11) is -5.83. The van der Waals surface area contributed by atoms with Crippen LogP contribution in [0.3, 0.4) is 0 Å². The van der Waals surface area contributed by atoms with E-state index in [1.54, 1.807) is 0 Å². The van der Waals surface area contributed by atoms with Crippen LogP contribution in [0.2, 0.25) is 0 Å². The molecule has 1 aromatic rings. The fourth-order valence-electron chi connectivity index (χ4n) is 1.88. The number of esters is 1. The van der Waals surface area contributed by atoms with Crippen molar-refractivity contribution in [1.82, 2.24) is 0 Å². The van der Waals surface area contributed by atoms with E-state index >= 15 is 0 Å². The second-order valence-corrected chi connectivity index (χ2v) is 7.02. The Kier molecular flexibility index (Phi) is 7.75. The lowest BCUT2D eigenvalue weighted by Gasteiger charge is -2.12. The Bertz CT molecular complexity index is 658. The normalized spacial score (nSPS) is 13.3. The van der Waals surface area contributed by atoms with Gasteiger partial charge in [0.15, 0.2) is 0 Å². The van der Waals surface area contributed by atoms with Crippen LogP contribution in [0.15, 0.2) is 24.3 Å². The minimum absolute atomic E-state index is 0.207. The van der Waals surface area contributed by atoms with Gasteiger partial charge in [0.1, 0.15) is 5.75 Å². The van der Waals surface area contributed by atoms with E-state index in [0.29, 0.717) is 18.1 Å². The minimum atomic E-state index is -5.83. The van der Waals surface area contributed by atoms with Crippen LogP contribution in [0, 0.1) is 0 Å². The second-order valence-electron chi connectivity index (χ2n) is 5.56. The zero-order valence-electron chi connectivity index (χ0n) is 14.1. The first-order valence-corrected chi connectivity index (χ1v) is 9.28. The third kappa shape index (κ3) is 6.24. The molecule has 9 heteroatoms. The summed E-state index contributed by atoms with van der Waals surface area (Å²) in [4.78, 5) is 10.9. The van der Waals surface area contributed by atoms with Crippen molar-refractivity contribution in [3.63, 3.8) is 0 Å². The van der Waals surface area contributed by atoms with Crippen LogP contribution < -0.4 is 4.74 Å². The van der Waals surface area contributed by atoms with Crippen molar-refractivity contribution in [3.05, 3.63) is 29.8 Å². The van der Waals surface area contributed by atoms with E-state index in [0.717, 1.165) is 6.42 Å². The Balaban J connectivity index is 2.28. The third-order valence-electron chi connectivity index (χ3n) is 3.66. The van der Waals surface area contributed by atoms with Crippen LogP contribution >= 0.6 is 0 Å². The molecule has 0 aliphatic rings. The predicted molar refractivity (Wildman–Crippen MR) is 87.3 cm³/mol. The van der Waals surface area contributed by atoms with E-state index in [9.17, 15) is 22.0 Å². The standard InChI is InChI=1S/C16H22F2O6S/c1-3-12(2)13-6-8-14(9-7-13)23-10-4-5-11-24-15(19)16(17,18)25(20,21)22/h6-9,12H,3-5,10-11H2,1-2H3,(H,20,21,22). The maximum atomic E-state index is 12.9. The molecule has 1 aromatic carbocycles. The van der Waals surface area contributed by atoms with E-state index in [1.807, 2.05) is 24.3 Å². The highest BCUT2D eigenvalue weighted by Gasteiger charge is 2.54. The summed E-state index contributed by atoms with van der Waals surface area (Å²) in [5, 5.41) is -4.96. The molecule has 0 aliphatic heterocycles. The van der Waals surface area contributed by atoms with Gasteiger partial charge in [-0.05, 0) is 42.9 Å². The molecule has 1 atom stereocenters. The summed E-state index contributed by atoms with van der Waals surface area (Å²) in [5.74, 6) is -1.16. The Morgan fingerprint density at radius 3 is 2.28 bits per heavy atom. The molecule has 0 aliphatic carbocycles. The molecule has 1 unspecified atom stereocenters. The van der Waals surface area contributed by atoms with E-state index < -0.39 is 27.9 Å². The van der Waals surface area contributed by atoms with Crippen LogP contribution in [-0.2, 0) is 19.6 Å². The van der Waals surface area contributed by atoms with Crippen LogP contribution in [-0.4, -0.2) is 37.4 Å². The maximum Gasteiger partial charge on any atom is 0.465 e. The molecular weight excluding hydrogens is 358 g/mol. The summed E-state index contributed by atoms with van der Waals surface area (Å²) in [6.45, 7) is 4.12. The van der Waals surface area contributed by atoms with Crippen LogP contribution in [0.4, 0.5) is 8.78 Å². The molecule has 0 heterocycles. The zero-order valence-corrected chi connectivity index (χ0v) is 14.9. The van der Waals surface area contributed by atoms with Gasteiger partial charge in [0.05, 0.1) is 13.2 Å². The molecule has 1 N–H and O–H groups in total. The van der Waals surface area contributed by atoms with Crippen molar-refractivity contribution in [1.29, 1.82) is 0 Å². The third-order valence-corrected chi connectivity index (χ3v) is 4.48. The number of rotatable bonds is 10. The highest BCUT2D eigenvalue weighted by atomic mass is 32.2. The van der Waals surface area contributed by atoms with Crippen molar-refractivity contribution in [2.24, 2.45) is 0 Å². The van der Waals surface area contributed by atoms with Gasteiger partial charge in [-0.1, -0.05) is 26.0 Å². The topological polar surface area (TPSA) is 89.9 Å². The van der Waals surface area contributed by atoms with Gasteiger partial charge in [0.2, 0.25) is 0 Å². The van der Waals surface area contributed by atoms with Gasteiger partial charge in [-0.3, -0.25) is 4.55 Å². The molecule has 6 nitrogen and oxygen atoms in total. The van der Waals surface area contributed by atoms with Crippen molar-refractivity contribution in [2.75, 3.05) is 13.2 Å². The molecule has 0 fully saturated rings. The first kappa shape index (κ1) is 21.3. The molecule has 1 rings (SSSR count). The fraction of sp³-hybridized carbons (Fsp3) is 0.562. The molecule has 0 aromatic heterocycles. The highest BCUT2D eigenvalue weighted by Crippen LogP contribution is 2.23. The van der Waals surface area contributed by atoms with Crippen molar-refractivity contribution in [3.8, 4) is 5.75 Å². The molecule has 0 bridgehead atoms. The quantitative estimate of drug-likeness (QED) is 0.380. The summed E-state index contributed by atoms with van der Waals surface area (Å²) in [6.07, 6.45) is 1.66. The number of hydrogen-bond donors (Lipinski definition) is 1. The molecule has 142 valence electrons. The summed E-state index contributed by atoms with van der Waals surface area (Å²) < 4.78 is 64.4. The van der Waals surface area contributed by atoms with Crippen molar-refractivity contribution >= 4 is 16.1 Å².